The average Bonchev–Trinajstić information content (AvgIpc) is 3.22. The molecule has 6 atom stereocenters. The van der Waals surface area contributed by atoms with Gasteiger partial charge in [0.05, 0.1) is 6.61 Å². The Labute approximate surface area is 284 Å². The quantitative estimate of drug-likeness (QED) is 0.0798. The van der Waals surface area contributed by atoms with Crippen molar-refractivity contribution in [3.8, 4) is 0 Å². The Morgan fingerprint density at radius 3 is 1.91 bits per heavy atom. The lowest BCUT2D eigenvalue weighted by molar-refractivity contribution is -0.0542. The molecule has 1 fully saturated rings. The van der Waals surface area contributed by atoms with Gasteiger partial charge in [-0.25, -0.2) is 13.7 Å². The molecule has 46 heavy (non-hydrogen) atoms. The number of hydrogen-bond acceptors (Lipinski definition) is 10. The maximum absolute atomic E-state index is 13.0. The maximum atomic E-state index is 13.0. The summed E-state index contributed by atoms with van der Waals surface area (Å²) in [4.78, 5) is 53.5. The zero-order valence-corrected chi connectivity index (χ0v) is 29.1. The molecule has 1 aliphatic heterocycles. The second-order valence-electron chi connectivity index (χ2n) is 9.75. The molecule has 0 spiro atoms. The first kappa shape index (κ1) is 37.8. The van der Waals surface area contributed by atoms with Gasteiger partial charge in [-0.3, -0.25) is 23.2 Å². The smallest absolute Gasteiger partial charge is 0.387 e. The number of aromatic amines is 1. The summed E-state index contributed by atoms with van der Waals surface area (Å²) in [6, 6.07) is 13.6. The minimum absolute atomic E-state index is 0.0286. The molecule has 0 radical (unpaired) electrons. The summed E-state index contributed by atoms with van der Waals surface area (Å²) in [5, 5.41) is 22.3. The summed E-state index contributed by atoms with van der Waals surface area (Å²) in [6.45, 7) is -1.11. The number of phosphoric ester groups is 1. The highest BCUT2D eigenvalue weighted by Crippen LogP contribution is 2.79. The van der Waals surface area contributed by atoms with E-state index in [1.165, 1.54) is 6.20 Å². The highest BCUT2D eigenvalue weighted by Gasteiger charge is 2.62. The molecule has 23 heteroatoms. The zero-order valence-electron chi connectivity index (χ0n) is 22.5. The summed E-state index contributed by atoms with van der Waals surface area (Å²) < 4.78 is 47.1. The molecule has 2 unspecified atom stereocenters. The van der Waals surface area contributed by atoms with E-state index in [9.17, 15) is 38.5 Å². The molecule has 1 aliphatic rings. The number of nitrogens with one attached hydrogen (secondary N) is 1. The minimum atomic E-state index is -5.97. The number of halogens is 4. The van der Waals surface area contributed by atoms with Crippen LogP contribution in [-0.2, 0) is 27.3 Å². The molecular formula is C23H23Cl4N2O13P3S. The van der Waals surface area contributed by atoms with E-state index < -0.39 is 69.6 Å². The van der Waals surface area contributed by atoms with Crippen molar-refractivity contribution in [2.75, 3.05) is 6.61 Å². The first-order chi connectivity index (χ1) is 21.1. The number of rotatable bonds is 11. The SMILES string of the molecule is O=c1[nH]c(=S)c(C(c2ccc(Cl)cc2)c2ccc(Cl)cc2)cn1[C@@H]1O[C@H](COP(=O)(O)OP(=O)(O)C(Cl)(Cl)P(=O)(O)O)[C@@H](O)[C@H]1O. The number of H-pyrrole nitrogens is 1. The number of aliphatic hydroxyl groups excluding tert-OH is 2. The van der Waals surface area contributed by atoms with Gasteiger partial charge in [-0.1, -0.05) is 82.9 Å². The maximum Gasteiger partial charge on any atom is 0.479 e. The molecular weight excluding hydrogens is 779 g/mol. The number of aliphatic hydroxyl groups is 2. The minimum Gasteiger partial charge on any atom is -0.387 e. The Kier molecular flexibility index (Phi) is 11.6. The predicted molar refractivity (Wildman–Crippen MR) is 169 cm³/mol. The molecule has 0 amide bonds. The number of phosphoric acid groups is 1. The molecule has 3 aromatic rings. The molecule has 1 aromatic heterocycles. The van der Waals surface area contributed by atoms with Crippen LogP contribution in [0.2, 0.25) is 10.0 Å². The fourth-order valence-corrected chi connectivity index (χ4v) is 9.15. The highest BCUT2D eigenvalue weighted by molar-refractivity contribution is 7.81. The van der Waals surface area contributed by atoms with Gasteiger partial charge in [0, 0.05) is 27.7 Å². The molecule has 0 saturated carbocycles. The Bertz CT molecular complexity index is 1810. The lowest BCUT2D eigenvalue weighted by Crippen LogP contribution is -2.36. The number of hydrogen-bond donors (Lipinski definition) is 7. The van der Waals surface area contributed by atoms with Gasteiger partial charge >= 0.3 is 32.5 Å². The van der Waals surface area contributed by atoms with Crippen molar-refractivity contribution in [3.63, 3.8) is 0 Å². The second kappa shape index (κ2) is 14.1. The summed E-state index contributed by atoms with van der Waals surface area (Å²) in [5.41, 5.74) is 0.888. The van der Waals surface area contributed by atoms with Crippen LogP contribution in [0.3, 0.4) is 0 Å². The van der Waals surface area contributed by atoms with Crippen molar-refractivity contribution >= 4 is 81.6 Å². The van der Waals surface area contributed by atoms with Crippen LogP contribution in [0.5, 0.6) is 0 Å². The molecule has 7 N–H and O–H groups in total. The first-order valence-corrected chi connectivity index (χ1v) is 19.1. The summed E-state index contributed by atoms with van der Waals surface area (Å²) in [7, 11) is -17.4. The molecule has 15 nitrogen and oxygen atoms in total. The highest BCUT2D eigenvalue weighted by atomic mass is 35.5. The predicted octanol–water partition coefficient (Wildman–Crippen LogP) is 4.60. The Hall–Kier alpha value is -0.970. The number of ether oxygens (including phenoxy) is 1. The molecule has 0 bridgehead atoms. The van der Waals surface area contributed by atoms with Gasteiger partial charge in [-0.15, -0.1) is 0 Å². The Morgan fingerprint density at radius 1 is 0.935 bits per heavy atom. The molecule has 0 aliphatic carbocycles. The number of benzene rings is 2. The third-order valence-electron chi connectivity index (χ3n) is 6.63. The number of aromatic nitrogens is 2. The van der Waals surface area contributed by atoms with Gasteiger partial charge in [-0.05, 0) is 35.4 Å². The third kappa shape index (κ3) is 8.07. The van der Waals surface area contributed by atoms with E-state index in [1.54, 1.807) is 48.5 Å². The molecule has 252 valence electrons. The molecule has 1 saturated heterocycles. The van der Waals surface area contributed by atoms with Gasteiger partial charge in [0.1, 0.15) is 23.0 Å². The third-order valence-corrected chi connectivity index (χ3v) is 15.2. The fraction of sp³-hybridized carbons (Fsp3) is 0.304. The molecule has 2 aromatic carbocycles. The summed E-state index contributed by atoms with van der Waals surface area (Å²) in [5.74, 6) is -0.608. The van der Waals surface area contributed by atoms with E-state index >= 15 is 0 Å². The van der Waals surface area contributed by atoms with E-state index in [-0.39, 0.29) is 4.64 Å². The molecule has 2 heterocycles. The van der Waals surface area contributed by atoms with E-state index in [0.717, 1.165) is 4.57 Å². The van der Waals surface area contributed by atoms with E-state index in [1.807, 2.05) is 0 Å². The van der Waals surface area contributed by atoms with Crippen molar-refractivity contribution in [1.29, 1.82) is 0 Å². The summed E-state index contributed by atoms with van der Waals surface area (Å²) >= 11 is 28.1. The van der Waals surface area contributed by atoms with Crippen LogP contribution in [0.15, 0.2) is 59.5 Å². The van der Waals surface area contributed by atoms with Gasteiger partial charge in [0.25, 0.3) is 0 Å². The van der Waals surface area contributed by atoms with E-state index in [0.29, 0.717) is 26.7 Å². The monoisotopic (exact) mass is 800 g/mol. The first-order valence-electron chi connectivity index (χ1n) is 12.5. The summed E-state index contributed by atoms with van der Waals surface area (Å²) in [6.07, 6.45) is -5.72. The standard InChI is InChI=1S/C23H23Cl4N2O13P3S/c24-13-5-1-11(2-6-13)17(12-3-7-14(25)8-4-12)15-9-29(22(32)28-20(15)46)21-19(31)18(30)16(41-21)10-40-45(38,39)42-44(36,37)23(26,27)43(33,34)35/h1-9,16-19,21,30-31H,10H2,(H,36,37)(H,38,39)(H,28,32,46)(H2,33,34,35)/t16-,18-,19-,21-/m1/s1. The van der Waals surface area contributed by atoms with Gasteiger partial charge < -0.3 is 34.5 Å². The number of nitrogens with zero attached hydrogens (tertiary/aromatic N) is 1. The normalized spacial score (nSPS) is 23.3. The lowest BCUT2D eigenvalue weighted by Gasteiger charge is -2.26. The largest absolute Gasteiger partial charge is 0.479 e. The van der Waals surface area contributed by atoms with Crippen LogP contribution in [0.4, 0.5) is 0 Å². The Morgan fingerprint density at radius 2 is 1.43 bits per heavy atom. The lowest BCUT2D eigenvalue weighted by atomic mass is 9.86. The van der Waals surface area contributed by atoms with Crippen molar-refractivity contribution in [1.82, 2.24) is 9.55 Å². The van der Waals surface area contributed by atoms with Gasteiger partial charge in [0.15, 0.2) is 6.23 Å². The van der Waals surface area contributed by atoms with Gasteiger partial charge in [-0.2, -0.15) is 0 Å². The van der Waals surface area contributed by atoms with E-state index in [2.05, 4.69) is 13.8 Å². The topological polar surface area (TPSA) is 238 Å². The van der Waals surface area contributed by atoms with Crippen LogP contribution in [0.1, 0.15) is 28.8 Å². The van der Waals surface area contributed by atoms with Gasteiger partial charge in [0.2, 0.25) is 0 Å². The van der Waals surface area contributed by atoms with Crippen LogP contribution in [0.25, 0.3) is 0 Å². The fourth-order valence-electron chi connectivity index (χ4n) is 4.40. The number of alkyl halides is 2. The van der Waals surface area contributed by atoms with Crippen molar-refractivity contribution in [2.24, 2.45) is 0 Å². The van der Waals surface area contributed by atoms with Crippen molar-refractivity contribution in [2.45, 2.75) is 34.3 Å². The average molecular weight is 802 g/mol. The zero-order chi connectivity index (χ0) is 34.4. The van der Waals surface area contributed by atoms with Crippen molar-refractivity contribution in [3.05, 3.63) is 96.6 Å². The van der Waals surface area contributed by atoms with Crippen LogP contribution in [-0.4, -0.2) is 68.1 Å². The molecule has 4 rings (SSSR count). The van der Waals surface area contributed by atoms with Crippen molar-refractivity contribution < 1.29 is 57.1 Å². The van der Waals surface area contributed by atoms with Crippen LogP contribution in [0, 0.1) is 4.64 Å². The van der Waals surface area contributed by atoms with E-state index in [4.69, 9.17) is 73.1 Å². The Balaban J connectivity index is 1.63. The van der Waals surface area contributed by atoms with Crippen LogP contribution >= 0.6 is 81.6 Å². The van der Waals surface area contributed by atoms with Crippen LogP contribution < -0.4 is 5.69 Å². The second-order valence-corrected chi connectivity index (χ2v) is 19.1.